The van der Waals surface area contributed by atoms with Gasteiger partial charge < -0.3 is 9.64 Å². The summed E-state index contributed by atoms with van der Waals surface area (Å²) in [5.41, 5.74) is 2.17. The third kappa shape index (κ3) is 3.57. The first kappa shape index (κ1) is 17.2. The van der Waals surface area contributed by atoms with Crippen molar-refractivity contribution < 1.29 is 14.3 Å². The van der Waals surface area contributed by atoms with Crippen molar-refractivity contribution >= 4 is 17.6 Å². The highest BCUT2D eigenvalue weighted by Gasteiger charge is 2.31. The number of hydrogen-bond donors (Lipinski definition) is 0. The molecule has 0 radical (unpaired) electrons. The summed E-state index contributed by atoms with van der Waals surface area (Å²) in [5, 5.41) is 4.23. The first-order chi connectivity index (χ1) is 12.0. The maximum Gasteiger partial charge on any atom is 0.341 e. The molecule has 1 amide bonds. The molecule has 0 spiro atoms. The minimum absolute atomic E-state index is 0.0112. The van der Waals surface area contributed by atoms with Crippen LogP contribution in [0.2, 0.25) is 0 Å². The molecule has 1 aromatic carbocycles. The summed E-state index contributed by atoms with van der Waals surface area (Å²) < 4.78 is 7.25. The molecule has 6 heteroatoms. The minimum atomic E-state index is -0.380. The number of benzene rings is 1. The summed E-state index contributed by atoms with van der Waals surface area (Å²) in [6, 6.07) is 9.75. The van der Waals surface area contributed by atoms with Crippen molar-refractivity contribution in [1.82, 2.24) is 9.78 Å². The molecule has 1 fully saturated rings. The van der Waals surface area contributed by atoms with Gasteiger partial charge in [0, 0.05) is 30.6 Å². The smallest absolute Gasteiger partial charge is 0.341 e. The molecular formula is C19H23N3O3. The Bertz CT molecular complexity index is 767. The molecule has 0 N–H and O–H groups in total. The van der Waals surface area contributed by atoms with E-state index in [9.17, 15) is 9.59 Å². The summed E-state index contributed by atoms with van der Waals surface area (Å²) in [6.45, 7) is 6.69. The highest BCUT2D eigenvalue weighted by atomic mass is 16.5. The largest absolute Gasteiger partial charge is 0.462 e. The molecule has 1 aliphatic heterocycles. The normalized spacial score (nSPS) is 17.4. The summed E-state index contributed by atoms with van der Waals surface area (Å²) in [7, 11) is 0. The van der Waals surface area contributed by atoms with Gasteiger partial charge in [0.2, 0.25) is 5.91 Å². The zero-order valence-electron chi connectivity index (χ0n) is 14.8. The Kier molecular flexibility index (Phi) is 4.88. The number of carbonyl (C=O) groups excluding carboxylic acids is 2. The third-order valence-corrected chi connectivity index (χ3v) is 4.48. The van der Waals surface area contributed by atoms with E-state index in [1.54, 1.807) is 15.8 Å². The highest BCUT2D eigenvalue weighted by Crippen LogP contribution is 2.25. The van der Waals surface area contributed by atoms with E-state index in [4.69, 9.17) is 4.74 Å². The molecule has 0 bridgehead atoms. The summed E-state index contributed by atoms with van der Waals surface area (Å²) in [6.07, 6.45) is 1.94. The lowest BCUT2D eigenvalue weighted by Gasteiger charge is -2.16. The first-order valence-electron chi connectivity index (χ1n) is 8.54. The number of amides is 1. The van der Waals surface area contributed by atoms with Crippen molar-refractivity contribution in [3.05, 3.63) is 47.8 Å². The van der Waals surface area contributed by atoms with E-state index in [1.807, 2.05) is 51.1 Å². The van der Waals surface area contributed by atoms with Crippen LogP contribution in [0.1, 0.15) is 42.4 Å². The maximum atomic E-state index is 12.3. The molecule has 0 aliphatic carbocycles. The molecule has 1 saturated heterocycles. The van der Waals surface area contributed by atoms with Crippen LogP contribution in [0.4, 0.5) is 5.69 Å². The number of anilines is 1. The highest BCUT2D eigenvalue weighted by molar-refractivity contribution is 5.95. The molecule has 25 heavy (non-hydrogen) atoms. The van der Waals surface area contributed by atoms with Gasteiger partial charge in [0.25, 0.3) is 0 Å². The van der Waals surface area contributed by atoms with E-state index in [0.717, 1.165) is 11.4 Å². The zero-order valence-corrected chi connectivity index (χ0v) is 14.8. The second-order valence-corrected chi connectivity index (χ2v) is 6.69. The molecule has 0 unspecified atom stereocenters. The topological polar surface area (TPSA) is 64.4 Å². The van der Waals surface area contributed by atoms with Gasteiger partial charge in [-0.15, -0.1) is 0 Å². The van der Waals surface area contributed by atoms with Crippen LogP contribution < -0.4 is 4.90 Å². The van der Waals surface area contributed by atoms with Gasteiger partial charge in [-0.3, -0.25) is 9.48 Å². The molecule has 0 saturated carbocycles. The van der Waals surface area contributed by atoms with E-state index in [2.05, 4.69) is 5.10 Å². The maximum absolute atomic E-state index is 12.3. The standard InChI is InChI=1S/C19H23N3O3/c1-13(2)22-14(3)17(10-20-22)19(24)25-12-15-9-18(23)21(11-15)16-7-5-4-6-8-16/h4-8,10,13,15H,9,11-12H2,1-3H3/t15-/m0/s1. The lowest BCUT2D eigenvalue weighted by Crippen LogP contribution is -2.25. The predicted octanol–water partition coefficient (Wildman–Crippen LogP) is 2.98. The number of para-hydroxylation sites is 1. The van der Waals surface area contributed by atoms with Crippen LogP contribution in [0.5, 0.6) is 0 Å². The van der Waals surface area contributed by atoms with E-state index in [0.29, 0.717) is 18.5 Å². The van der Waals surface area contributed by atoms with Crippen LogP contribution >= 0.6 is 0 Å². The molecule has 1 atom stereocenters. The van der Waals surface area contributed by atoms with Crippen molar-refractivity contribution in [3.8, 4) is 0 Å². The monoisotopic (exact) mass is 341 g/mol. The molecule has 1 aromatic heterocycles. The molecular weight excluding hydrogens is 318 g/mol. The molecule has 3 rings (SSSR count). The number of hydrogen-bond acceptors (Lipinski definition) is 4. The number of rotatable bonds is 5. The van der Waals surface area contributed by atoms with Crippen LogP contribution in [0.25, 0.3) is 0 Å². The number of esters is 1. The number of carbonyl (C=O) groups is 2. The molecule has 2 heterocycles. The van der Waals surface area contributed by atoms with Crippen molar-refractivity contribution in [2.45, 2.75) is 33.2 Å². The lowest BCUT2D eigenvalue weighted by molar-refractivity contribution is -0.117. The molecule has 6 nitrogen and oxygen atoms in total. The summed E-state index contributed by atoms with van der Waals surface area (Å²) in [5.74, 6) is -0.303. The van der Waals surface area contributed by atoms with E-state index < -0.39 is 0 Å². The van der Waals surface area contributed by atoms with Crippen molar-refractivity contribution in [1.29, 1.82) is 0 Å². The second kappa shape index (κ2) is 7.09. The van der Waals surface area contributed by atoms with Gasteiger partial charge in [0.05, 0.1) is 18.5 Å². The SMILES string of the molecule is Cc1c(C(=O)OC[C@H]2CC(=O)N(c3ccccc3)C2)cnn1C(C)C. The fourth-order valence-electron chi connectivity index (χ4n) is 3.17. The Hall–Kier alpha value is -2.63. The van der Waals surface area contributed by atoms with Gasteiger partial charge in [-0.2, -0.15) is 5.10 Å². The van der Waals surface area contributed by atoms with Gasteiger partial charge >= 0.3 is 5.97 Å². The fraction of sp³-hybridized carbons (Fsp3) is 0.421. The Labute approximate surface area is 147 Å². The minimum Gasteiger partial charge on any atom is -0.462 e. The average Bonchev–Trinajstić information content (AvgIpc) is 3.16. The molecule has 2 aromatic rings. The Morgan fingerprint density at radius 2 is 2.04 bits per heavy atom. The Morgan fingerprint density at radius 1 is 1.32 bits per heavy atom. The van der Waals surface area contributed by atoms with Crippen molar-refractivity contribution in [2.75, 3.05) is 18.1 Å². The van der Waals surface area contributed by atoms with Gasteiger partial charge in [0.1, 0.15) is 5.56 Å². The van der Waals surface area contributed by atoms with Crippen LogP contribution in [0, 0.1) is 12.8 Å². The first-order valence-corrected chi connectivity index (χ1v) is 8.54. The van der Waals surface area contributed by atoms with E-state index >= 15 is 0 Å². The van der Waals surface area contributed by atoms with Gasteiger partial charge in [0.15, 0.2) is 0 Å². The van der Waals surface area contributed by atoms with Crippen LogP contribution in [0.15, 0.2) is 36.5 Å². The Morgan fingerprint density at radius 3 is 2.68 bits per heavy atom. The zero-order chi connectivity index (χ0) is 18.0. The second-order valence-electron chi connectivity index (χ2n) is 6.69. The van der Waals surface area contributed by atoms with Gasteiger partial charge in [-0.25, -0.2) is 4.79 Å². The predicted molar refractivity (Wildman–Crippen MR) is 94.5 cm³/mol. The van der Waals surface area contributed by atoms with Gasteiger partial charge in [-0.1, -0.05) is 18.2 Å². The quantitative estimate of drug-likeness (QED) is 0.784. The Balaban J connectivity index is 1.59. The summed E-state index contributed by atoms with van der Waals surface area (Å²) in [4.78, 5) is 26.3. The number of aromatic nitrogens is 2. The number of ether oxygens (including phenoxy) is 1. The molecule has 1 aliphatic rings. The average molecular weight is 341 g/mol. The van der Waals surface area contributed by atoms with Crippen LogP contribution in [-0.2, 0) is 9.53 Å². The van der Waals surface area contributed by atoms with E-state index in [1.165, 1.54) is 0 Å². The van der Waals surface area contributed by atoms with Crippen LogP contribution in [0.3, 0.4) is 0 Å². The third-order valence-electron chi connectivity index (χ3n) is 4.48. The fourth-order valence-corrected chi connectivity index (χ4v) is 3.17. The summed E-state index contributed by atoms with van der Waals surface area (Å²) >= 11 is 0. The molecule has 132 valence electrons. The number of nitrogens with zero attached hydrogens (tertiary/aromatic N) is 3. The van der Waals surface area contributed by atoms with Crippen molar-refractivity contribution in [3.63, 3.8) is 0 Å². The lowest BCUT2D eigenvalue weighted by atomic mass is 10.1. The van der Waals surface area contributed by atoms with Gasteiger partial charge in [-0.05, 0) is 32.9 Å². The van der Waals surface area contributed by atoms with E-state index in [-0.39, 0.29) is 30.4 Å². The van der Waals surface area contributed by atoms with Crippen LogP contribution in [-0.4, -0.2) is 34.8 Å². The van der Waals surface area contributed by atoms with Crippen molar-refractivity contribution in [2.24, 2.45) is 5.92 Å².